The van der Waals surface area contributed by atoms with Crippen LogP contribution in [0, 0.1) is 18.7 Å². The lowest BCUT2D eigenvalue weighted by Gasteiger charge is -2.42. The van der Waals surface area contributed by atoms with E-state index in [1.165, 1.54) is 12.1 Å². The van der Waals surface area contributed by atoms with Crippen LogP contribution in [-0.2, 0) is 17.8 Å². The topological polar surface area (TPSA) is 66.4 Å². The number of allylic oxidation sites excluding steroid dienone is 2. The Morgan fingerprint density at radius 2 is 1.89 bits per heavy atom. The molecule has 2 aromatic carbocycles. The van der Waals surface area contributed by atoms with Crippen molar-refractivity contribution in [3.63, 3.8) is 0 Å². The van der Waals surface area contributed by atoms with E-state index in [-0.39, 0.29) is 23.2 Å². The fraction of sp³-hybridized carbons (Fsp3) is 0.355. The van der Waals surface area contributed by atoms with Gasteiger partial charge in [-0.25, -0.2) is 14.4 Å². The highest BCUT2D eigenvalue weighted by molar-refractivity contribution is 6.21. The SMILES string of the molecule is Cc1cc(CN2CCN(c3ncc(-c4cccc(F)c4)cn3)[C@H](CC(C)C)C2)cc2c1CC=C(C=O)C2=O. The zero-order chi connectivity index (χ0) is 26.8. The Morgan fingerprint density at radius 3 is 2.61 bits per heavy atom. The Bertz CT molecular complexity index is 1380. The summed E-state index contributed by atoms with van der Waals surface area (Å²) in [6.07, 6.45) is 7.55. The normalized spacial score (nSPS) is 17.9. The quantitative estimate of drug-likeness (QED) is 0.321. The van der Waals surface area contributed by atoms with Crippen LogP contribution in [0.1, 0.15) is 47.3 Å². The number of carbonyl (C=O) groups is 2. The van der Waals surface area contributed by atoms with Gasteiger partial charge in [0.15, 0.2) is 12.1 Å². The Hall–Kier alpha value is -3.71. The predicted octanol–water partition coefficient (Wildman–Crippen LogP) is 5.19. The number of halogens is 1. The van der Waals surface area contributed by atoms with Crippen LogP contribution in [0.15, 0.2) is 60.4 Å². The van der Waals surface area contributed by atoms with Gasteiger partial charge in [0.05, 0.1) is 5.57 Å². The lowest BCUT2D eigenvalue weighted by atomic mass is 9.86. The highest BCUT2D eigenvalue weighted by atomic mass is 19.1. The molecule has 38 heavy (non-hydrogen) atoms. The second-order valence-corrected chi connectivity index (χ2v) is 10.7. The maximum Gasteiger partial charge on any atom is 0.225 e. The van der Waals surface area contributed by atoms with Crippen LogP contribution >= 0.6 is 0 Å². The molecule has 0 N–H and O–H groups in total. The minimum absolute atomic E-state index is 0.174. The average Bonchev–Trinajstić information content (AvgIpc) is 2.89. The van der Waals surface area contributed by atoms with Gasteiger partial charge in [0.1, 0.15) is 5.82 Å². The summed E-state index contributed by atoms with van der Waals surface area (Å²) in [6.45, 7) is 9.72. The molecule has 0 unspecified atom stereocenters. The van der Waals surface area contributed by atoms with Gasteiger partial charge in [-0.1, -0.05) is 38.1 Å². The van der Waals surface area contributed by atoms with Gasteiger partial charge in [0.25, 0.3) is 0 Å². The molecule has 1 saturated heterocycles. The lowest BCUT2D eigenvalue weighted by molar-refractivity contribution is -0.104. The Morgan fingerprint density at radius 1 is 1.11 bits per heavy atom. The first-order chi connectivity index (χ1) is 18.3. The van der Waals surface area contributed by atoms with E-state index in [2.05, 4.69) is 39.7 Å². The van der Waals surface area contributed by atoms with Crippen molar-refractivity contribution >= 4 is 18.0 Å². The molecule has 1 atom stereocenters. The smallest absolute Gasteiger partial charge is 0.225 e. The number of aldehydes is 1. The van der Waals surface area contributed by atoms with Crippen molar-refractivity contribution in [3.05, 3.63) is 88.5 Å². The van der Waals surface area contributed by atoms with Crippen molar-refractivity contribution < 1.29 is 14.0 Å². The summed E-state index contributed by atoms with van der Waals surface area (Å²) in [7, 11) is 0. The number of rotatable bonds is 7. The van der Waals surface area contributed by atoms with Crippen LogP contribution in [-0.4, -0.2) is 52.6 Å². The van der Waals surface area contributed by atoms with E-state index in [1.54, 1.807) is 24.5 Å². The molecule has 0 bridgehead atoms. The van der Waals surface area contributed by atoms with Crippen molar-refractivity contribution in [3.8, 4) is 11.1 Å². The number of fused-ring (bicyclic) bond motifs is 1. The summed E-state index contributed by atoms with van der Waals surface area (Å²) in [5.41, 5.74) is 5.67. The van der Waals surface area contributed by atoms with Gasteiger partial charge in [-0.2, -0.15) is 0 Å². The number of benzene rings is 2. The number of ketones is 1. The molecule has 0 saturated carbocycles. The van der Waals surface area contributed by atoms with E-state index >= 15 is 0 Å². The molecule has 196 valence electrons. The Labute approximate surface area is 223 Å². The second kappa shape index (κ2) is 11.0. The first kappa shape index (κ1) is 25.9. The van der Waals surface area contributed by atoms with Gasteiger partial charge >= 0.3 is 0 Å². The first-order valence-corrected chi connectivity index (χ1v) is 13.2. The molecule has 0 amide bonds. The molecule has 1 aromatic heterocycles. The van der Waals surface area contributed by atoms with E-state index in [0.717, 1.165) is 60.4 Å². The van der Waals surface area contributed by atoms with Crippen molar-refractivity contribution in [1.82, 2.24) is 14.9 Å². The highest BCUT2D eigenvalue weighted by Gasteiger charge is 2.30. The van der Waals surface area contributed by atoms with E-state index in [1.807, 2.05) is 19.1 Å². The van der Waals surface area contributed by atoms with E-state index in [9.17, 15) is 14.0 Å². The number of Topliss-reactive ketones (excluding diaryl/α,β-unsaturated/α-hetero) is 1. The molecule has 1 aliphatic heterocycles. The van der Waals surface area contributed by atoms with E-state index < -0.39 is 0 Å². The van der Waals surface area contributed by atoms with Gasteiger partial charge in [-0.05, 0) is 66.1 Å². The van der Waals surface area contributed by atoms with E-state index in [0.29, 0.717) is 30.1 Å². The highest BCUT2D eigenvalue weighted by Crippen LogP contribution is 2.28. The molecule has 3 aromatic rings. The minimum Gasteiger partial charge on any atom is -0.335 e. The molecule has 1 aliphatic carbocycles. The zero-order valence-electron chi connectivity index (χ0n) is 22.2. The van der Waals surface area contributed by atoms with Crippen LogP contribution in [0.5, 0.6) is 0 Å². The number of carbonyl (C=O) groups excluding carboxylic acids is 2. The van der Waals surface area contributed by atoms with Gasteiger partial charge in [0.2, 0.25) is 5.95 Å². The minimum atomic E-state index is -0.279. The number of aryl methyl sites for hydroxylation is 1. The van der Waals surface area contributed by atoms with Crippen molar-refractivity contribution in [2.75, 3.05) is 24.5 Å². The Balaban J connectivity index is 1.33. The molecule has 1 fully saturated rings. The third kappa shape index (κ3) is 5.43. The van der Waals surface area contributed by atoms with Crippen LogP contribution in [0.25, 0.3) is 11.1 Å². The third-order valence-corrected chi connectivity index (χ3v) is 7.46. The molecule has 0 radical (unpaired) electrons. The van der Waals surface area contributed by atoms with Crippen molar-refractivity contribution in [2.24, 2.45) is 5.92 Å². The first-order valence-electron chi connectivity index (χ1n) is 13.2. The summed E-state index contributed by atoms with van der Waals surface area (Å²) >= 11 is 0. The van der Waals surface area contributed by atoms with Gasteiger partial charge in [-0.3, -0.25) is 14.5 Å². The summed E-state index contributed by atoms with van der Waals surface area (Å²) in [4.78, 5) is 38.1. The number of hydrogen-bond acceptors (Lipinski definition) is 6. The molecule has 6 nitrogen and oxygen atoms in total. The molecule has 2 heterocycles. The van der Waals surface area contributed by atoms with Gasteiger partial charge < -0.3 is 4.90 Å². The summed E-state index contributed by atoms with van der Waals surface area (Å²) in [5, 5.41) is 0. The molecular formula is C31H33FN4O2. The average molecular weight is 513 g/mol. The summed E-state index contributed by atoms with van der Waals surface area (Å²) in [6, 6.07) is 10.8. The molecular weight excluding hydrogens is 479 g/mol. The summed E-state index contributed by atoms with van der Waals surface area (Å²) < 4.78 is 13.7. The van der Waals surface area contributed by atoms with Crippen LogP contribution in [0.2, 0.25) is 0 Å². The number of hydrogen-bond donors (Lipinski definition) is 0. The van der Waals surface area contributed by atoms with E-state index in [4.69, 9.17) is 0 Å². The van der Waals surface area contributed by atoms with Crippen LogP contribution in [0.3, 0.4) is 0 Å². The maximum absolute atomic E-state index is 13.7. The number of aromatic nitrogens is 2. The largest absolute Gasteiger partial charge is 0.335 e. The molecule has 7 heteroatoms. The fourth-order valence-corrected chi connectivity index (χ4v) is 5.64. The Kier molecular flexibility index (Phi) is 7.47. The van der Waals surface area contributed by atoms with Gasteiger partial charge in [-0.15, -0.1) is 0 Å². The number of piperazine rings is 1. The molecule has 0 spiro atoms. The van der Waals surface area contributed by atoms with Gasteiger partial charge in [0, 0.05) is 55.7 Å². The van der Waals surface area contributed by atoms with Crippen LogP contribution in [0.4, 0.5) is 10.3 Å². The monoisotopic (exact) mass is 512 g/mol. The fourth-order valence-electron chi connectivity index (χ4n) is 5.64. The van der Waals surface area contributed by atoms with Crippen molar-refractivity contribution in [2.45, 2.75) is 46.2 Å². The second-order valence-electron chi connectivity index (χ2n) is 10.7. The third-order valence-electron chi connectivity index (χ3n) is 7.46. The molecule has 5 rings (SSSR count). The number of nitrogens with zero attached hydrogens (tertiary/aromatic N) is 4. The summed E-state index contributed by atoms with van der Waals surface area (Å²) in [5.74, 6) is 0.747. The number of anilines is 1. The lowest BCUT2D eigenvalue weighted by Crippen LogP contribution is -2.54. The van der Waals surface area contributed by atoms with Crippen LogP contribution < -0.4 is 4.90 Å². The van der Waals surface area contributed by atoms with Crippen molar-refractivity contribution in [1.29, 1.82) is 0 Å². The standard InChI is InChI=1S/C31H33FN4O2/c1-20(2)11-27-18-35(17-22-12-21(3)28-8-7-24(19-37)30(38)29(28)13-22)9-10-36(27)31-33-15-25(16-34-31)23-5-4-6-26(32)14-23/h4-7,12-16,19-20,27H,8-11,17-18H2,1-3H3/t27-/m1/s1. The zero-order valence-corrected chi connectivity index (χ0v) is 22.2. The predicted molar refractivity (Wildman–Crippen MR) is 147 cm³/mol. The molecule has 2 aliphatic rings. The maximum atomic E-state index is 13.7.